The Labute approximate surface area is 131 Å². The number of halogens is 1. The maximum Gasteiger partial charge on any atom is 0.220 e. The van der Waals surface area contributed by atoms with E-state index in [1.165, 1.54) is 0 Å². The van der Waals surface area contributed by atoms with Crippen LogP contribution in [0.4, 0.5) is 0 Å². The number of fused-ring (bicyclic) bond motifs is 1. The molecule has 0 fully saturated rings. The lowest BCUT2D eigenvalue weighted by Crippen LogP contribution is -1.95. The first kappa shape index (κ1) is 14.0. The number of hydrogen-bond acceptors (Lipinski definition) is 3. The summed E-state index contributed by atoms with van der Waals surface area (Å²) in [6.07, 6.45) is 0. The second kappa shape index (κ2) is 5.84. The van der Waals surface area contributed by atoms with Gasteiger partial charge < -0.3 is 9.84 Å². The lowest BCUT2D eigenvalue weighted by Gasteiger charge is -2.11. The van der Waals surface area contributed by atoms with Gasteiger partial charge in [-0.2, -0.15) is 0 Å². The molecule has 3 aromatic rings. The van der Waals surface area contributed by atoms with Crippen molar-refractivity contribution < 1.29 is 9.84 Å². The van der Waals surface area contributed by atoms with Crippen molar-refractivity contribution in [1.29, 1.82) is 0 Å². The van der Waals surface area contributed by atoms with Crippen LogP contribution < -0.4 is 4.74 Å². The van der Waals surface area contributed by atoms with Gasteiger partial charge in [0.05, 0.1) is 12.1 Å². The third-order valence-electron chi connectivity index (χ3n) is 3.31. The topological polar surface area (TPSA) is 42.4 Å². The zero-order valence-corrected chi connectivity index (χ0v) is 13.1. The molecule has 0 atom stereocenters. The highest BCUT2D eigenvalue weighted by molar-refractivity contribution is 9.10. The van der Waals surface area contributed by atoms with Crippen molar-refractivity contribution in [2.75, 3.05) is 0 Å². The number of benzene rings is 2. The van der Waals surface area contributed by atoms with Gasteiger partial charge in [0.15, 0.2) is 0 Å². The van der Waals surface area contributed by atoms with Gasteiger partial charge in [-0.15, -0.1) is 0 Å². The summed E-state index contributed by atoms with van der Waals surface area (Å²) in [7, 11) is 0. The van der Waals surface area contributed by atoms with E-state index in [-0.39, 0.29) is 6.61 Å². The molecule has 1 heterocycles. The molecule has 0 radical (unpaired) electrons. The van der Waals surface area contributed by atoms with Crippen LogP contribution in [0.15, 0.2) is 53.0 Å². The van der Waals surface area contributed by atoms with Gasteiger partial charge in [0.25, 0.3) is 0 Å². The summed E-state index contributed by atoms with van der Waals surface area (Å²) in [5.74, 6) is 1.23. The number of para-hydroxylation sites is 1. The first-order valence-electron chi connectivity index (χ1n) is 6.61. The Kier molecular flexibility index (Phi) is 3.90. The molecule has 2 aromatic carbocycles. The normalized spacial score (nSPS) is 10.8. The van der Waals surface area contributed by atoms with Crippen LogP contribution in [0, 0.1) is 6.92 Å². The van der Waals surface area contributed by atoms with Gasteiger partial charge in [0.1, 0.15) is 5.75 Å². The summed E-state index contributed by atoms with van der Waals surface area (Å²) >= 11 is 3.44. The molecule has 0 bridgehead atoms. The third kappa shape index (κ3) is 2.91. The van der Waals surface area contributed by atoms with Crippen molar-refractivity contribution in [2.24, 2.45) is 0 Å². The Morgan fingerprint density at radius 1 is 1.14 bits per heavy atom. The van der Waals surface area contributed by atoms with Gasteiger partial charge in [-0.1, -0.05) is 40.2 Å². The molecule has 0 spiro atoms. The van der Waals surface area contributed by atoms with Crippen LogP contribution in [-0.2, 0) is 6.61 Å². The Bertz CT molecular complexity index is 802. The van der Waals surface area contributed by atoms with E-state index < -0.39 is 0 Å². The second-order valence-corrected chi connectivity index (χ2v) is 5.72. The largest absolute Gasteiger partial charge is 0.439 e. The minimum Gasteiger partial charge on any atom is -0.439 e. The highest BCUT2D eigenvalue weighted by Crippen LogP contribution is 2.29. The fourth-order valence-corrected chi connectivity index (χ4v) is 2.54. The number of aliphatic hydroxyl groups is 1. The van der Waals surface area contributed by atoms with Crippen LogP contribution in [0.25, 0.3) is 10.9 Å². The van der Waals surface area contributed by atoms with Crippen molar-refractivity contribution >= 4 is 26.8 Å². The van der Waals surface area contributed by atoms with E-state index >= 15 is 0 Å². The van der Waals surface area contributed by atoms with Crippen molar-refractivity contribution in [1.82, 2.24) is 4.98 Å². The van der Waals surface area contributed by atoms with Crippen molar-refractivity contribution in [2.45, 2.75) is 13.5 Å². The summed E-state index contributed by atoms with van der Waals surface area (Å²) in [6.45, 7) is 1.94. The van der Waals surface area contributed by atoms with Crippen LogP contribution >= 0.6 is 15.9 Å². The molecule has 0 amide bonds. The molecule has 0 saturated heterocycles. The fourth-order valence-electron chi connectivity index (χ4n) is 2.20. The van der Waals surface area contributed by atoms with Crippen LogP contribution in [-0.4, -0.2) is 10.1 Å². The predicted octanol–water partition coefficient (Wildman–Crippen LogP) is 4.59. The number of ether oxygens (including phenoxy) is 1. The first-order chi connectivity index (χ1) is 10.2. The molecular weight excluding hydrogens is 330 g/mol. The summed E-state index contributed by atoms with van der Waals surface area (Å²) < 4.78 is 6.84. The summed E-state index contributed by atoms with van der Waals surface area (Å²) in [5.41, 5.74) is 2.65. The number of nitrogens with zero attached hydrogens (tertiary/aromatic N) is 1. The molecule has 0 saturated carbocycles. The Balaban J connectivity index is 2.06. The minimum absolute atomic E-state index is 0.0448. The van der Waals surface area contributed by atoms with Gasteiger partial charge in [0.2, 0.25) is 5.88 Å². The number of hydrogen-bond donors (Lipinski definition) is 1. The molecule has 3 rings (SSSR count). The molecule has 1 aromatic heterocycles. The van der Waals surface area contributed by atoms with Crippen molar-refractivity contribution in [3.8, 4) is 11.6 Å². The number of rotatable bonds is 3. The van der Waals surface area contributed by atoms with Crippen molar-refractivity contribution in [3.05, 3.63) is 64.1 Å². The molecule has 4 heteroatoms. The predicted molar refractivity (Wildman–Crippen MR) is 86.6 cm³/mol. The zero-order chi connectivity index (χ0) is 14.8. The molecule has 106 valence electrons. The van der Waals surface area contributed by atoms with E-state index in [0.29, 0.717) is 5.88 Å². The Morgan fingerprint density at radius 2 is 1.95 bits per heavy atom. The molecule has 0 aliphatic carbocycles. The first-order valence-corrected chi connectivity index (χ1v) is 7.40. The maximum atomic E-state index is 9.53. The molecule has 0 aliphatic rings. The Morgan fingerprint density at radius 3 is 2.76 bits per heavy atom. The lowest BCUT2D eigenvalue weighted by atomic mass is 10.1. The van der Waals surface area contributed by atoms with Crippen LogP contribution in [0.3, 0.4) is 0 Å². The zero-order valence-electron chi connectivity index (χ0n) is 11.5. The fraction of sp³-hybridized carbons (Fsp3) is 0.118. The van der Waals surface area contributed by atoms with Gasteiger partial charge >= 0.3 is 0 Å². The molecule has 3 nitrogen and oxygen atoms in total. The summed E-state index contributed by atoms with van der Waals surface area (Å²) in [4.78, 5) is 4.50. The molecule has 21 heavy (non-hydrogen) atoms. The minimum atomic E-state index is -0.0448. The summed E-state index contributed by atoms with van der Waals surface area (Å²) in [6, 6.07) is 15.3. The highest BCUT2D eigenvalue weighted by atomic mass is 79.9. The number of aryl methyl sites for hydroxylation is 1. The standard InChI is InChI=1S/C17H14BrNO2/c1-11-6-7-13(18)9-16(11)21-17-8-12(10-20)14-4-2-3-5-15(14)19-17/h2-9,20H,10H2,1H3. The average Bonchev–Trinajstić information content (AvgIpc) is 2.50. The van der Waals surface area contributed by atoms with E-state index in [9.17, 15) is 5.11 Å². The van der Waals surface area contributed by atoms with Crippen LogP contribution in [0.5, 0.6) is 11.6 Å². The molecule has 0 unspecified atom stereocenters. The lowest BCUT2D eigenvalue weighted by molar-refractivity contribution is 0.282. The van der Waals surface area contributed by atoms with E-state index in [1.807, 2.05) is 49.4 Å². The summed E-state index contributed by atoms with van der Waals surface area (Å²) in [5, 5.41) is 10.5. The Hall–Kier alpha value is -1.91. The van der Waals surface area contributed by atoms with Crippen molar-refractivity contribution in [3.63, 3.8) is 0 Å². The second-order valence-electron chi connectivity index (χ2n) is 4.81. The molecular formula is C17H14BrNO2. The SMILES string of the molecule is Cc1ccc(Br)cc1Oc1cc(CO)c2ccccc2n1. The van der Waals surface area contributed by atoms with Gasteiger partial charge in [-0.05, 0) is 36.2 Å². The van der Waals surface area contributed by atoms with E-state index in [0.717, 1.165) is 32.3 Å². The monoisotopic (exact) mass is 343 g/mol. The maximum absolute atomic E-state index is 9.53. The van der Waals surface area contributed by atoms with Crippen LogP contribution in [0.1, 0.15) is 11.1 Å². The van der Waals surface area contributed by atoms with Gasteiger partial charge in [-0.25, -0.2) is 4.98 Å². The van der Waals surface area contributed by atoms with E-state index in [2.05, 4.69) is 20.9 Å². The molecule has 1 N–H and O–H groups in total. The number of aliphatic hydroxyl groups excluding tert-OH is 1. The average molecular weight is 344 g/mol. The van der Waals surface area contributed by atoms with Gasteiger partial charge in [0, 0.05) is 15.9 Å². The third-order valence-corrected chi connectivity index (χ3v) is 3.81. The highest BCUT2D eigenvalue weighted by Gasteiger charge is 2.08. The smallest absolute Gasteiger partial charge is 0.220 e. The van der Waals surface area contributed by atoms with E-state index in [1.54, 1.807) is 6.07 Å². The number of pyridine rings is 1. The molecule has 0 aliphatic heterocycles. The number of aromatic nitrogens is 1. The van der Waals surface area contributed by atoms with Crippen LogP contribution in [0.2, 0.25) is 0 Å². The quantitative estimate of drug-likeness (QED) is 0.756. The van der Waals surface area contributed by atoms with Gasteiger partial charge in [-0.3, -0.25) is 0 Å². The van der Waals surface area contributed by atoms with E-state index in [4.69, 9.17) is 4.74 Å².